The van der Waals surface area contributed by atoms with Gasteiger partial charge in [-0.25, -0.2) is 0 Å². The van der Waals surface area contributed by atoms with E-state index >= 15 is 0 Å². The third-order valence-corrected chi connectivity index (χ3v) is 3.26. The van der Waals surface area contributed by atoms with Crippen LogP contribution in [0.25, 0.3) is 0 Å². The molecule has 0 aromatic heterocycles. The second-order valence-electron chi connectivity index (χ2n) is 4.82. The van der Waals surface area contributed by atoms with Crippen molar-refractivity contribution in [1.29, 1.82) is 0 Å². The van der Waals surface area contributed by atoms with Gasteiger partial charge in [0.2, 0.25) is 0 Å². The van der Waals surface area contributed by atoms with E-state index in [9.17, 15) is 15.0 Å². The molecule has 0 radical (unpaired) electrons. The van der Waals surface area contributed by atoms with Gasteiger partial charge in [0.15, 0.2) is 5.78 Å². The van der Waals surface area contributed by atoms with E-state index in [-0.39, 0.29) is 17.3 Å². The van der Waals surface area contributed by atoms with E-state index in [4.69, 9.17) is 0 Å². The molecule has 2 aromatic carbocycles. The lowest BCUT2D eigenvalue weighted by molar-refractivity contribution is 0.103. The molecular weight excluding hydrogens is 252 g/mol. The van der Waals surface area contributed by atoms with Crippen molar-refractivity contribution < 1.29 is 15.0 Å². The van der Waals surface area contributed by atoms with Gasteiger partial charge in [-0.15, -0.1) is 0 Å². The summed E-state index contributed by atoms with van der Waals surface area (Å²) in [6.45, 7) is 2.09. The van der Waals surface area contributed by atoms with Crippen LogP contribution in [0, 0.1) is 0 Å². The van der Waals surface area contributed by atoms with Crippen LogP contribution in [0.4, 0.5) is 0 Å². The number of ketones is 1. The topological polar surface area (TPSA) is 57.5 Å². The van der Waals surface area contributed by atoms with Gasteiger partial charge in [0.1, 0.15) is 11.5 Å². The van der Waals surface area contributed by atoms with Crippen molar-refractivity contribution in [3.63, 3.8) is 0 Å². The number of aryl methyl sites for hydroxylation is 1. The number of unbranched alkanes of at least 4 members (excludes halogenated alkanes) is 1. The molecule has 104 valence electrons. The number of aromatic hydroxyl groups is 2. The molecule has 2 aromatic rings. The Morgan fingerprint density at radius 2 is 1.65 bits per heavy atom. The number of benzene rings is 2. The summed E-state index contributed by atoms with van der Waals surface area (Å²) in [6.07, 6.45) is 2.77. The van der Waals surface area contributed by atoms with E-state index < -0.39 is 0 Å². The predicted octanol–water partition coefficient (Wildman–Crippen LogP) is 3.67. The van der Waals surface area contributed by atoms with Crippen LogP contribution in [0.3, 0.4) is 0 Å². The Kier molecular flexibility index (Phi) is 4.41. The number of rotatable bonds is 5. The maximum atomic E-state index is 12.5. The van der Waals surface area contributed by atoms with Crippen molar-refractivity contribution in [1.82, 2.24) is 0 Å². The zero-order valence-electron chi connectivity index (χ0n) is 11.5. The summed E-state index contributed by atoms with van der Waals surface area (Å²) in [6, 6.07) is 11.1. The van der Waals surface area contributed by atoms with Crippen LogP contribution in [0.15, 0.2) is 42.5 Å². The van der Waals surface area contributed by atoms with Gasteiger partial charge in [-0.3, -0.25) is 4.79 Å². The number of hydrogen-bond donors (Lipinski definition) is 2. The lowest BCUT2D eigenvalue weighted by atomic mass is 9.95. The Hall–Kier alpha value is -2.29. The normalized spacial score (nSPS) is 10.4. The molecule has 0 aliphatic heterocycles. The van der Waals surface area contributed by atoms with Crippen molar-refractivity contribution >= 4 is 5.78 Å². The number of hydrogen-bond acceptors (Lipinski definition) is 3. The van der Waals surface area contributed by atoms with Gasteiger partial charge < -0.3 is 10.2 Å². The van der Waals surface area contributed by atoms with Gasteiger partial charge in [-0.05, 0) is 60.9 Å². The van der Waals surface area contributed by atoms with Crippen molar-refractivity contribution in [2.24, 2.45) is 0 Å². The van der Waals surface area contributed by atoms with E-state index in [2.05, 4.69) is 6.92 Å². The van der Waals surface area contributed by atoms with Gasteiger partial charge in [-0.2, -0.15) is 0 Å². The van der Waals surface area contributed by atoms with E-state index in [1.54, 1.807) is 24.3 Å². The molecule has 0 atom stereocenters. The highest BCUT2D eigenvalue weighted by atomic mass is 16.3. The molecule has 0 heterocycles. The highest BCUT2D eigenvalue weighted by Gasteiger charge is 2.14. The summed E-state index contributed by atoms with van der Waals surface area (Å²) >= 11 is 0. The second-order valence-corrected chi connectivity index (χ2v) is 4.82. The fraction of sp³-hybridized carbons (Fsp3) is 0.235. The van der Waals surface area contributed by atoms with Crippen LogP contribution in [0.1, 0.15) is 41.3 Å². The van der Waals surface area contributed by atoms with Gasteiger partial charge in [0.25, 0.3) is 0 Å². The summed E-state index contributed by atoms with van der Waals surface area (Å²) in [4.78, 5) is 12.5. The average Bonchev–Trinajstić information content (AvgIpc) is 2.45. The van der Waals surface area contributed by atoms with Gasteiger partial charge in [0.05, 0.1) is 0 Å². The van der Waals surface area contributed by atoms with Crippen LogP contribution in [0.2, 0.25) is 0 Å². The zero-order valence-corrected chi connectivity index (χ0v) is 11.5. The summed E-state index contributed by atoms with van der Waals surface area (Å²) < 4.78 is 0. The van der Waals surface area contributed by atoms with E-state index in [1.165, 1.54) is 18.2 Å². The molecule has 0 aliphatic rings. The summed E-state index contributed by atoms with van der Waals surface area (Å²) in [5, 5.41) is 18.9. The Balaban J connectivity index is 2.35. The van der Waals surface area contributed by atoms with Gasteiger partial charge in [-0.1, -0.05) is 13.3 Å². The van der Waals surface area contributed by atoms with Crippen molar-refractivity contribution in [2.45, 2.75) is 26.2 Å². The van der Waals surface area contributed by atoms with E-state index in [0.717, 1.165) is 24.8 Å². The smallest absolute Gasteiger partial charge is 0.193 e. The van der Waals surface area contributed by atoms with E-state index in [1.807, 2.05) is 0 Å². The first-order chi connectivity index (χ1) is 9.61. The Morgan fingerprint density at radius 3 is 2.30 bits per heavy atom. The Morgan fingerprint density at radius 1 is 1.00 bits per heavy atom. The van der Waals surface area contributed by atoms with Crippen LogP contribution in [-0.2, 0) is 6.42 Å². The number of carbonyl (C=O) groups excluding carboxylic acids is 1. The first kappa shape index (κ1) is 14.1. The molecule has 0 bridgehead atoms. The standard InChI is InChI=1S/C17H18O3/c1-2-3-4-13-11-15(19)9-10-16(13)17(20)12-5-7-14(18)8-6-12/h5-11,18-19H,2-4H2,1H3. The van der Waals surface area contributed by atoms with Crippen LogP contribution in [-0.4, -0.2) is 16.0 Å². The third-order valence-electron chi connectivity index (χ3n) is 3.26. The molecular formula is C17H18O3. The molecule has 0 amide bonds. The van der Waals surface area contributed by atoms with Gasteiger partial charge in [0, 0.05) is 11.1 Å². The third kappa shape index (κ3) is 3.18. The monoisotopic (exact) mass is 270 g/mol. The van der Waals surface area contributed by atoms with E-state index in [0.29, 0.717) is 11.1 Å². The SMILES string of the molecule is CCCCc1cc(O)ccc1C(=O)c1ccc(O)cc1. The first-order valence-corrected chi connectivity index (χ1v) is 6.77. The average molecular weight is 270 g/mol. The van der Waals surface area contributed by atoms with Crippen LogP contribution >= 0.6 is 0 Å². The molecule has 20 heavy (non-hydrogen) atoms. The number of phenolic OH excluding ortho intramolecular Hbond substituents is 2. The summed E-state index contributed by atoms with van der Waals surface area (Å²) in [5.41, 5.74) is 2.01. The molecule has 0 fully saturated rings. The number of carbonyl (C=O) groups is 1. The van der Waals surface area contributed by atoms with Crippen LogP contribution in [0.5, 0.6) is 11.5 Å². The maximum absolute atomic E-state index is 12.5. The molecule has 0 saturated carbocycles. The quantitative estimate of drug-likeness (QED) is 0.815. The Bertz CT molecular complexity index is 600. The molecule has 0 saturated heterocycles. The van der Waals surface area contributed by atoms with Crippen molar-refractivity contribution in [3.8, 4) is 11.5 Å². The first-order valence-electron chi connectivity index (χ1n) is 6.77. The second kappa shape index (κ2) is 6.24. The maximum Gasteiger partial charge on any atom is 0.193 e. The molecule has 0 unspecified atom stereocenters. The van der Waals surface area contributed by atoms with Crippen molar-refractivity contribution in [3.05, 3.63) is 59.2 Å². The lowest BCUT2D eigenvalue weighted by Crippen LogP contribution is -2.05. The number of phenols is 2. The minimum atomic E-state index is -0.0869. The molecule has 0 spiro atoms. The minimum Gasteiger partial charge on any atom is -0.508 e. The fourth-order valence-corrected chi connectivity index (χ4v) is 2.14. The molecule has 2 rings (SSSR count). The highest BCUT2D eigenvalue weighted by molar-refractivity contribution is 6.10. The zero-order chi connectivity index (χ0) is 14.5. The minimum absolute atomic E-state index is 0.0869. The van der Waals surface area contributed by atoms with Crippen LogP contribution < -0.4 is 0 Å². The Labute approximate surface area is 118 Å². The van der Waals surface area contributed by atoms with Gasteiger partial charge >= 0.3 is 0 Å². The molecule has 2 N–H and O–H groups in total. The predicted molar refractivity (Wildman–Crippen MR) is 78.3 cm³/mol. The molecule has 3 heteroatoms. The fourth-order valence-electron chi connectivity index (χ4n) is 2.14. The molecule has 0 aliphatic carbocycles. The highest BCUT2D eigenvalue weighted by Crippen LogP contribution is 2.22. The summed E-state index contributed by atoms with van der Waals surface area (Å²) in [7, 11) is 0. The largest absolute Gasteiger partial charge is 0.508 e. The molecule has 3 nitrogen and oxygen atoms in total. The van der Waals surface area contributed by atoms with Crippen molar-refractivity contribution in [2.75, 3.05) is 0 Å². The summed E-state index contributed by atoms with van der Waals surface area (Å²) in [5.74, 6) is 0.230. The lowest BCUT2D eigenvalue weighted by Gasteiger charge is -2.09.